The van der Waals surface area contributed by atoms with Crippen molar-refractivity contribution in [3.05, 3.63) is 45.6 Å². The maximum absolute atomic E-state index is 11.5. The van der Waals surface area contributed by atoms with E-state index in [0.29, 0.717) is 16.2 Å². The number of pyridine rings is 1. The Morgan fingerprint density at radius 2 is 2.19 bits per heavy atom. The van der Waals surface area contributed by atoms with Gasteiger partial charge in [0.2, 0.25) is 6.20 Å². The van der Waals surface area contributed by atoms with Gasteiger partial charge in [-0.1, -0.05) is 11.8 Å². The van der Waals surface area contributed by atoms with Crippen molar-refractivity contribution in [2.75, 3.05) is 5.32 Å². The smallest absolute Gasteiger partial charge is 0.348 e. The third-order valence-corrected chi connectivity index (χ3v) is 5.03. The molecule has 1 aliphatic carbocycles. The van der Waals surface area contributed by atoms with Crippen LogP contribution in [-0.2, 0) is 0 Å². The Kier molecular flexibility index (Phi) is 5.29. The van der Waals surface area contributed by atoms with Crippen LogP contribution < -0.4 is 14.8 Å². The number of rotatable bonds is 5. The number of aromatic nitrogens is 1. The van der Waals surface area contributed by atoms with Crippen LogP contribution in [0.2, 0.25) is 0 Å². The molecule has 2 heterocycles. The summed E-state index contributed by atoms with van der Waals surface area (Å²) in [6.07, 6.45) is 4.29. The molecule has 0 saturated heterocycles. The molecule has 0 aliphatic heterocycles. The molecule has 0 bridgehead atoms. The lowest BCUT2D eigenvalue weighted by molar-refractivity contribution is -0.605. The first-order chi connectivity index (χ1) is 12.7. The summed E-state index contributed by atoms with van der Waals surface area (Å²) in [5.41, 5.74) is 0.463. The highest BCUT2D eigenvalue weighted by molar-refractivity contribution is 7.15. The summed E-state index contributed by atoms with van der Waals surface area (Å²) in [4.78, 5) is 12.5. The number of carboxylic acids is 1. The molecule has 1 fully saturated rings. The maximum Gasteiger partial charge on any atom is 0.348 e. The van der Waals surface area contributed by atoms with Crippen LogP contribution in [0, 0.1) is 22.5 Å². The van der Waals surface area contributed by atoms with Crippen molar-refractivity contribution in [1.29, 1.82) is 0 Å². The van der Waals surface area contributed by atoms with Crippen molar-refractivity contribution in [2.24, 2.45) is 5.41 Å². The van der Waals surface area contributed by atoms with Crippen molar-refractivity contribution in [1.82, 2.24) is 0 Å². The number of ether oxygens (including phenoxy) is 1. The van der Waals surface area contributed by atoms with Crippen LogP contribution >= 0.6 is 11.3 Å². The minimum atomic E-state index is -0.956. The number of anilines is 1. The van der Waals surface area contributed by atoms with E-state index in [1.165, 1.54) is 23.7 Å². The van der Waals surface area contributed by atoms with Gasteiger partial charge in [0.1, 0.15) is 11.0 Å². The van der Waals surface area contributed by atoms with Crippen LogP contribution in [0.1, 0.15) is 48.2 Å². The van der Waals surface area contributed by atoms with E-state index < -0.39 is 5.97 Å². The molecule has 142 valence electrons. The molecular formula is C20H22N2O4S. The van der Waals surface area contributed by atoms with Gasteiger partial charge in [0.15, 0.2) is 11.9 Å². The summed E-state index contributed by atoms with van der Waals surface area (Å²) >= 11 is 1.19. The fourth-order valence-corrected chi connectivity index (χ4v) is 3.48. The van der Waals surface area contributed by atoms with Crippen LogP contribution in [0.25, 0.3) is 0 Å². The van der Waals surface area contributed by atoms with Crippen LogP contribution in [0.15, 0.2) is 30.6 Å². The maximum atomic E-state index is 11.5. The Morgan fingerprint density at radius 1 is 1.44 bits per heavy atom. The fourth-order valence-electron chi connectivity index (χ4n) is 2.66. The van der Waals surface area contributed by atoms with E-state index in [9.17, 15) is 15.1 Å². The summed E-state index contributed by atoms with van der Waals surface area (Å²) in [5.74, 6) is 5.78. The van der Waals surface area contributed by atoms with Gasteiger partial charge in [-0.3, -0.25) is 0 Å². The van der Waals surface area contributed by atoms with Crippen molar-refractivity contribution in [2.45, 2.75) is 45.8 Å². The fraction of sp³-hybridized carbons (Fsp3) is 0.400. The van der Waals surface area contributed by atoms with E-state index in [0.717, 1.165) is 17.7 Å². The molecule has 0 unspecified atom stereocenters. The van der Waals surface area contributed by atoms with Crippen molar-refractivity contribution in [3.63, 3.8) is 0 Å². The zero-order valence-electron chi connectivity index (χ0n) is 15.5. The third kappa shape index (κ3) is 5.14. The third-order valence-electron chi connectivity index (χ3n) is 3.99. The quantitative estimate of drug-likeness (QED) is 0.467. The van der Waals surface area contributed by atoms with Gasteiger partial charge >= 0.3 is 5.97 Å². The van der Waals surface area contributed by atoms with Crippen LogP contribution in [0.3, 0.4) is 0 Å². The van der Waals surface area contributed by atoms with Gasteiger partial charge in [0, 0.05) is 30.4 Å². The number of thiophene rings is 1. The Morgan fingerprint density at radius 3 is 2.81 bits per heavy atom. The Balaban J connectivity index is 1.62. The van der Waals surface area contributed by atoms with Crippen molar-refractivity contribution in [3.8, 4) is 17.6 Å². The Hall–Kier alpha value is -2.72. The van der Waals surface area contributed by atoms with E-state index >= 15 is 0 Å². The van der Waals surface area contributed by atoms with Gasteiger partial charge < -0.3 is 20.4 Å². The lowest BCUT2D eigenvalue weighted by atomic mass is 9.89. The summed E-state index contributed by atoms with van der Waals surface area (Å²) in [7, 11) is 0. The highest BCUT2D eigenvalue weighted by Crippen LogP contribution is 2.33. The van der Waals surface area contributed by atoms with Crippen LogP contribution in [0.4, 0.5) is 5.69 Å². The van der Waals surface area contributed by atoms with Gasteiger partial charge in [-0.05, 0) is 32.9 Å². The molecule has 27 heavy (non-hydrogen) atoms. The van der Waals surface area contributed by atoms with Crippen LogP contribution in [-0.4, -0.2) is 23.2 Å². The first kappa shape index (κ1) is 19.1. The molecule has 7 heteroatoms. The minimum absolute atomic E-state index is 0.0111. The summed E-state index contributed by atoms with van der Waals surface area (Å²) in [6.45, 7) is 6.04. The second kappa shape index (κ2) is 7.49. The molecule has 2 aromatic heterocycles. The van der Waals surface area contributed by atoms with E-state index in [1.807, 2.05) is 20.8 Å². The predicted octanol–water partition coefficient (Wildman–Crippen LogP) is 3.50. The van der Waals surface area contributed by atoms with E-state index in [4.69, 9.17) is 4.74 Å². The van der Waals surface area contributed by atoms with E-state index in [2.05, 4.69) is 17.2 Å². The van der Waals surface area contributed by atoms with Gasteiger partial charge in [-0.15, -0.1) is 11.3 Å². The van der Waals surface area contributed by atoms with Gasteiger partial charge in [0.25, 0.3) is 0 Å². The predicted molar refractivity (Wildman–Crippen MR) is 104 cm³/mol. The zero-order valence-corrected chi connectivity index (χ0v) is 16.3. The molecule has 0 amide bonds. The van der Waals surface area contributed by atoms with E-state index in [1.54, 1.807) is 18.2 Å². The summed E-state index contributed by atoms with van der Waals surface area (Å²) in [6, 6.07) is 5.32. The molecule has 6 nitrogen and oxygen atoms in total. The lowest BCUT2D eigenvalue weighted by Crippen LogP contribution is -2.43. The number of nitrogens with zero attached hydrogens (tertiary/aromatic N) is 1. The molecule has 2 aromatic rings. The lowest BCUT2D eigenvalue weighted by Gasteiger charge is -2.36. The molecule has 0 spiro atoms. The number of aromatic carboxylic acids is 1. The molecular weight excluding hydrogens is 364 g/mol. The highest BCUT2D eigenvalue weighted by atomic mass is 32.1. The molecule has 0 radical (unpaired) electrons. The number of hydrogen-bond donors (Lipinski definition) is 2. The topological polar surface area (TPSA) is 85.5 Å². The monoisotopic (exact) mass is 386 g/mol. The molecule has 2 N–H and O–H groups in total. The number of carboxylic acid groups (broad SMARTS) is 1. The average Bonchev–Trinajstić information content (AvgIpc) is 2.94. The first-order valence-electron chi connectivity index (χ1n) is 8.72. The number of nitrogens with one attached hydrogen (secondary N) is 1. The highest BCUT2D eigenvalue weighted by Gasteiger charge is 2.32. The Bertz CT molecular complexity index is 899. The molecule has 1 aliphatic rings. The average molecular weight is 386 g/mol. The van der Waals surface area contributed by atoms with Gasteiger partial charge in [-0.2, -0.15) is 4.73 Å². The van der Waals surface area contributed by atoms with Gasteiger partial charge in [0.05, 0.1) is 10.6 Å². The zero-order chi connectivity index (χ0) is 19.6. The molecule has 1 saturated carbocycles. The number of carbonyl (C=O) groups is 1. The molecule has 3 rings (SSSR count). The second-order valence-electron chi connectivity index (χ2n) is 7.61. The first-order valence-corrected chi connectivity index (χ1v) is 9.53. The molecule has 0 aromatic carbocycles. The summed E-state index contributed by atoms with van der Waals surface area (Å²) < 4.78 is 6.46. The standard InChI is InChI=1S/C20H22N2O4S/c1-20(2,3)7-6-16-11-17(18(27-16)19(23)24)21-13-9-15(10-13)26-14-5-4-8-22(25)12-14/h4-5,8,11-13,15,21H,9-10H2,1-3H3,(H,23,24)/t13-,15+. The second-order valence-corrected chi connectivity index (χ2v) is 8.66. The van der Waals surface area contributed by atoms with Crippen molar-refractivity contribution >= 4 is 23.0 Å². The SMILES string of the molecule is CC(C)(C)C#Cc1cc(N[C@H]2C[C@@H](Oc3ccc[n+]([O-])c3)C2)c(C(=O)O)s1. The summed E-state index contributed by atoms with van der Waals surface area (Å²) in [5, 5.41) is 24.0. The Labute approximate surface area is 162 Å². The van der Waals surface area contributed by atoms with Crippen LogP contribution in [0.5, 0.6) is 5.75 Å². The molecule has 0 atom stereocenters. The number of hydrogen-bond acceptors (Lipinski definition) is 5. The normalized spacial score (nSPS) is 18.8. The van der Waals surface area contributed by atoms with Crippen molar-refractivity contribution < 1.29 is 19.4 Å². The largest absolute Gasteiger partial charge is 0.619 e. The van der Waals surface area contributed by atoms with Gasteiger partial charge in [-0.25, -0.2) is 4.79 Å². The minimum Gasteiger partial charge on any atom is -0.619 e. The van der Waals surface area contributed by atoms with E-state index in [-0.39, 0.29) is 22.4 Å².